The van der Waals surface area contributed by atoms with Gasteiger partial charge in [0.2, 0.25) is 0 Å². The number of carboxylic acid groups (broad SMARTS) is 1. The molecule has 0 atom stereocenters. The monoisotopic (exact) mass is 276 g/mol. The van der Waals surface area contributed by atoms with E-state index in [0.29, 0.717) is 22.5 Å². The maximum absolute atomic E-state index is 11.5. The molecule has 0 amide bonds. The van der Waals surface area contributed by atoms with Crippen LogP contribution in [0.1, 0.15) is 16.1 Å². The van der Waals surface area contributed by atoms with Crippen molar-refractivity contribution in [1.29, 1.82) is 0 Å². The first kappa shape index (κ1) is 12.9. The van der Waals surface area contributed by atoms with Crippen LogP contribution in [0.2, 0.25) is 0 Å². The number of aryl methyl sites for hydroxylation is 1. The molecule has 3 rings (SSSR count). The van der Waals surface area contributed by atoms with Crippen molar-refractivity contribution < 1.29 is 14.4 Å². The van der Waals surface area contributed by atoms with E-state index in [1.54, 1.807) is 6.92 Å². The summed E-state index contributed by atoms with van der Waals surface area (Å²) in [5.41, 5.74) is 1.94. The summed E-state index contributed by atoms with van der Waals surface area (Å²) in [4.78, 5) is 19.8. The third-order valence-electron chi connectivity index (χ3n) is 3.70. The van der Waals surface area contributed by atoms with Gasteiger partial charge in [0.25, 0.3) is 5.71 Å². The van der Waals surface area contributed by atoms with Crippen LogP contribution < -0.4 is 4.90 Å². The molecular weight excluding hydrogens is 260 g/mol. The molecular formula is C13H16N4O3. The zero-order valence-electron chi connectivity index (χ0n) is 11.5. The van der Waals surface area contributed by atoms with E-state index in [9.17, 15) is 9.90 Å². The quantitative estimate of drug-likeness (QED) is 0.875. The Morgan fingerprint density at radius 1 is 1.35 bits per heavy atom. The summed E-state index contributed by atoms with van der Waals surface area (Å²) in [6.45, 7) is 5.15. The van der Waals surface area contributed by atoms with Crippen LogP contribution in [0.25, 0.3) is 11.1 Å². The number of rotatable bonds is 2. The average molecular weight is 276 g/mol. The molecule has 2 aromatic rings. The lowest BCUT2D eigenvalue weighted by atomic mass is 10.1. The fraction of sp³-hybridized carbons (Fsp3) is 0.462. The lowest BCUT2D eigenvalue weighted by molar-refractivity contribution is 0.0697. The number of piperazine rings is 1. The first-order chi connectivity index (χ1) is 9.58. The summed E-state index contributed by atoms with van der Waals surface area (Å²) in [6, 6.07) is 0. The maximum Gasteiger partial charge on any atom is 0.339 e. The zero-order valence-corrected chi connectivity index (χ0v) is 11.5. The highest BCUT2D eigenvalue weighted by Crippen LogP contribution is 2.32. The molecule has 0 radical (unpaired) electrons. The number of hydrogen-bond acceptors (Lipinski definition) is 6. The summed E-state index contributed by atoms with van der Waals surface area (Å²) in [5.74, 6) is -0.978. The van der Waals surface area contributed by atoms with Crippen LogP contribution in [0.15, 0.2) is 10.7 Å². The van der Waals surface area contributed by atoms with E-state index in [0.717, 1.165) is 26.2 Å². The van der Waals surface area contributed by atoms with E-state index in [4.69, 9.17) is 4.52 Å². The van der Waals surface area contributed by atoms with Gasteiger partial charge in [0.15, 0.2) is 0 Å². The van der Waals surface area contributed by atoms with E-state index < -0.39 is 5.97 Å². The fourth-order valence-electron chi connectivity index (χ4n) is 2.55. The third kappa shape index (κ3) is 2.00. The smallest absolute Gasteiger partial charge is 0.339 e. The van der Waals surface area contributed by atoms with Gasteiger partial charge in [-0.25, -0.2) is 9.78 Å². The van der Waals surface area contributed by atoms with Gasteiger partial charge in [0, 0.05) is 32.4 Å². The van der Waals surface area contributed by atoms with Crippen LogP contribution in [0, 0.1) is 6.92 Å². The molecule has 3 heterocycles. The summed E-state index contributed by atoms with van der Waals surface area (Å²) in [6.07, 6.45) is 1.35. The van der Waals surface area contributed by atoms with Crippen molar-refractivity contribution in [3.8, 4) is 0 Å². The topological polar surface area (TPSA) is 82.7 Å². The highest BCUT2D eigenvalue weighted by molar-refractivity contribution is 6.04. The molecule has 1 saturated heterocycles. The van der Waals surface area contributed by atoms with Crippen molar-refractivity contribution in [1.82, 2.24) is 15.0 Å². The molecule has 20 heavy (non-hydrogen) atoms. The van der Waals surface area contributed by atoms with Gasteiger partial charge >= 0.3 is 5.97 Å². The minimum Gasteiger partial charge on any atom is -0.478 e. The number of pyridine rings is 1. The van der Waals surface area contributed by atoms with Crippen LogP contribution in [-0.4, -0.2) is 59.3 Å². The van der Waals surface area contributed by atoms with Crippen molar-refractivity contribution >= 4 is 22.8 Å². The second-order valence-corrected chi connectivity index (χ2v) is 5.06. The number of carbonyl (C=O) groups is 1. The highest BCUT2D eigenvalue weighted by atomic mass is 16.5. The van der Waals surface area contributed by atoms with Crippen LogP contribution in [0.3, 0.4) is 0 Å². The molecule has 2 aromatic heterocycles. The van der Waals surface area contributed by atoms with Crippen LogP contribution in [0.5, 0.6) is 0 Å². The molecule has 7 heteroatoms. The molecule has 0 unspecified atom stereocenters. The lowest BCUT2D eigenvalue weighted by Crippen LogP contribution is -2.45. The maximum atomic E-state index is 11.5. The third-order valence-corrected chi connectivity index (χ3v) is 3.70. The van der Waals surface area contributed by atoms with Crippen molar-refractivity contribution in [3.05, 3.63) is 17.5 Å². The number of anilines is 1. The lowest BCUT2D eigenvalue weighted by Gasteiger charge is -2.34. The van der Waals surface area contributed by atoms with Crippen LogP contribution in [0.4, 0.5) is 5.69 Å². The minimum absolute atomic E-state index is 0.202. The molecule has 7 nitrogen and oxygen atoms in total. The molecule has 0 aromatic carbocycles. The summed E-state index contributed by atoms with van der Waals surface area (Å²) in [5, 5.41) is 14.0. The van der Waals surface area contributed by atoms with Gasteiger partial charge in [-0.1, -0.05) is 5.16 Å². The van der Waals surface area contributed by atoms with Gasteiger partial charge in [-0.15, -0.1) is 0 Å². The Kier molecular flexibility index (Phi) is 3.06. The molecule has 0 bridgehead atoms. The largest absolute Gasteiger partial charge is 0.478 e. The Morgan fingerprint density at radius 2 is 2.05 bits per heavy atom. The summed E-state index contributed by atoms with van der Waals surface area (Å²) >= 11 is 0. The Bertz CT molecular complexity index is 659. The molecule has 1 fully saturated rings. The molecule has 106 valence electrons. The number of hydrogen-bond donors (Lipinski definition) is 1. The normalized spacial score (nSPS) is 16.8. The molecule has 0 spiro atoms. The van der Waals surface area contributed by atoms with E-state index in [1.165, 1.54) is 6.20 Å². The highest BCUT2D eigenvalue weighted by Gasteiger charge is 2.25. The van der Waals surface area contributed by atoms with E-state index in [2.05, 4.69) is 27.0 Å². The van der Waals surface area contributed by atoms with Crippen molar-refractivity contribution in [2.45, 2.75) is 6.92 Å². The minimum atomic E-state index is -0.978. The van der Waals surface area contributed by atoms with Gasteiger partial charge in [-0.2, -0.15) is 0 Å². The molecule has 1 N–H and O–H groups in total. The van der Waals surface area contributed by atoms with Gasteiger partial charge in [0.05, 0.1) is 16.8 Å². The molecule has 0 aliphatic carbocycles. The number of likely N-dealkylation sites (N-methyl/N-ethyl adjacent to an activating group) is 1. The van der Waals surface area contributed by atoms with Crippen molar-refractivity contribution in [3.63, 3.8) is 0 Å². The predicted molar refractivity (Wildman–Crippen MR) is 73.2 cm³/mol. The Morgan fingerprint density at radius 3 is 2.70 bits per heavy atom. The molecule has 0 saturated carbocycles. The van der Waals surface area contributed by atoms with E-state index in [1.807, 2.05) is 0 Å². The zero-order chi connectivity index (χ0) is 14.3. The number of fused-ring (bicyclic) bond motifs is 1. The number of nitrogens with zero attached hydrogens (tertiary/aromatic N) is 4. The van der Waals surface area contributed by atoms with Gasteiger partial charge in [-0.3, -0.25) is 0 Å². The standard InChI is InChI=1S/C13H16N4O3/c1-8-10-11(17-5-3-16(2)4-6-17)9(13(18)19)7-14-12(10)20-15-8/h7H,3-6H2,1-2H3,(H,18,19). The van der Waals surface area contributed by atoms with Crippen molar-refractivity contribution in [2.24, 2.45) is 0 Å². The van der Waals surface area contributed by atoms with Gasteiger partial charge in [-0.05, 0) is 14.0 Å². The average Bonchev–Trinajstić information content (AvgIpc) is 2.80. The van der Waals surface area contributed by atoms with E-state index >= 15 is 0 Å². The van der Waals surface area contributed by atoms with Gasteiger partial charge < -0.3 is 19.4 Å². The van der Waals surface area contributed by atoms with Crippen LogP contribution >= 0.6 is 0 Å². The number of carboxylic acids is 1. The molecule has 1 aliphatic rings. The van der Waals surface area contributed by atoms with Gasteiger partial charge in [0.1, 0.15) is 5.56 Å². The van der Waals surface area contributed by atoms with Crippen LogP contribution in [-0.2, 0) is 0 Å². The Balaban J connectivity index is 2.17. The first-order valence-corrected chi connectivity index (χ1v) is 6.49. The Labute approximate surface area is 115 Å². The summed E-state index contributed by atoms with van der Waals surface area (Å²) in [7, 11) is 2.06. The van der Waals surface area contributed by atoms with Crippen molar-refractivity contribution in [2.75, 3.05) is 38.1 Å². The number of aromatic nitrogens is 2. The second-order valence-electron chi connectivity index (χ2n) is 5.06. The number of aromatic carboxylic acids is 1. The summed E-state index contributed by atoms with van der Waals surface area (Å²) < 4.78 is 5.14. The second kappa shape index (κ2) is 4.75. The molecule has 1 aliphatic heterocycles. The fourth-order valence-corrected chi connectivity index (χ4v) is 2.55. The Hall–Kier alpha value is -2.15. The van der Waals surface area contributed by atoms with E-state index in [-0.39, 0.29) is 5.56 Å². The predicted octanol–water partition coefficient (Wildman–Crippen LogP) is 0.981. The first-order valence-electron chi connectivity index (χ1n) is 6.49. The SMILES string of the molecule is Cc1noc2ncc(C(=O)O)c(N3CCN(C)CC3)c12.